The summed E-state index contributed by atoms with van der Waals surface area (Å²) in [5.41, 5.74) is 0.633. The molecule has 6 heteroatoms. The summed E-state index contributed by atoms with van der Waals surface area (Å²) in [6, 6.07) is 14.8. The molecule has 0 saturated carbocycles. The predicted molar refractivity (Wildman–Crippen MR) is 97.3 cm³/mol. The van der Waals surface area contributed by atoms with Gasteiger partial charge in [-0.05, 0) is 28.5 Å². The third kappa shape index (κ3) is 4.28. The smallest absolute Gasteiger partial charge is 0.328 e. The number of benzene rings is 3. The fourth-order valence-corrected chi connectivity index (χ4v) is 2.95. The van der Waals surface area contributed by atoms with Gasteiger partial charge in [0.05, 0.1) is 7.11 Å². The van der Waals surface area contributed by atoms with Crippen molar-refractivity contribution in [2.24, 2.45) is 0 Å². The number of methoxy groups -OCH3 is 1. The lowest BCUT2D eigenvalue weighted by Gasteiger charge is -2.18. The van der Waals surface area contributed by atoms with Crippen LogP contribution in [-0.4, -0.2) is 25.0 Å². The molecular weight excluding hydrogens is 352 g/mol. The van der Waals surface area contributed by atoms with Crippen LogP contribution >= 0.6 is 0 Å². The molecule has 0 spiro atoms. The molecule has 27 heavy (non-hydrogen) atoms. The molecular formula is C21H17F2NO3. The van der Waals surface area contributed by atoms with Crippen LogP contribution in [0.1, 0.15) is 15.9 Å². The van der Waals surface area contributed by atoms with Crippen molar-refractivity contribution < 1.29 is 23.1 Å². The minimum atomic E-state index is -1.00. The first kappa shape index (κ1) is 18.5. The number of hydrogen-bond acceptors (Lipinski definition) is 3. The molecule has 3 rings (SSSR count). The molecule has 0 aliphatic heterocycles. The summed E-state index contributed by atoms with van der Waals surface area (Å²) >= 11 is 0. The molecule has 138 valence electrons. The van der Waals surface area contributed by atoms with E-state index in [4.69, 9.17) is 4.74 Å². The summed E-state index contributed by atoms with van der Waals surface area (Å²) in [6.07, 6.45) is 0.178. The van der Waals surface area contributed by atoms with Gasteiger partial charge in [-0.25, -0.2) is 13.6 Å². The van der Waals surface area contributed by atoms with Crippen molar-refractivity contribution >= 4 is 22.6 Å². The molecule has 0 aromatic heterocycles. The van der Waals surface area contributed by atoms with Crippen LogP contribution in [0.25, 0.3) is 10.8 Å². The van der Waals surface area contributed by atoms with Gasteiger partial charge >= 0.3 is 5.97 Å². The summed E-state index contributed by atoms with van der Waals surface area (Å²) in [7, 11) is 1.21. The molecule has 0 aliphatic carbocycles. The van der Waals surface area contributed by atoms with E-state index in [9.17, 15) is 18.4 Å². The Labute approximate surface area is 154 Å². The summed E-state index contributed by atoms with van der Waals surface area (Å²) in [6.45, 7) is 0. The van der Waals surface area contributed by atoms with E-state index in [2.05, 4.69) is 5.32 Å². The lowest BCUT2D eigenvalue weighted by molar-refractivity contribution is -0.142. The van der Waals surface area contributed by atoms with Gasteiger partial charge in [0, 0.05) is 18.1 Å². The van der Waals surface area contributed by atoms with Gasteiger partial charge in [0.25, 0.3) is 5.91 Å². The van der Waals surface area contributed by atoms with E-state index >= 15 is 0 Å². The average Bonchev–Trinajstić information content (AvgIpc) is 2.66. The van der Waals surface area contributed by atoms with Crippen molar-refractivity contribution in [3.63, 3.8) is 0 Å². The molecule has 0 saturated heterocycles. The van der Waals surface area contributed by atoms with Gasteiger partial charge in [0.15, 0.2) is 0 Å². The zero-order valence-electron chi connectivity index (χ0n) is 14.5. The third-order valence-electron chi connectivity index (χ3n) is 4.22. The summed E-state index contributed by atoms with van der Waals surface area (Å²) < 4.78 is 31.5. The minimum Gasteiger partial charge on any atom is -0.467 e. The fraction of sp³-hybridized carbons (Fsp3) is 0.143. The molecule has 0 bridgehead atoms. The zero-order chi connectivity index (χ0) is 19.4. The van der Waals surface area contributed by atoms with Crippen molar-refractivity contribution in [1.82, 2.24) is 5.32 Å². The van der Waals surface area contributed by atoms with Crippen molar-refractivity contribution in [2.45, 2.75) is 12.5 Å². The SMILES string of the molecule is COC(=O)[C@@H](Cc1cccc2ccccc12)NC(=O)c1cc(F)cc(F)c1. The monoisotopic (exact) mass is 369 g/mol. The van der Waals surface area contributed by atoms with Gasteiger partial charge in [-0.3, -0.25) is 4.79 Å². The normalized spacial score (nSPS) is 11.8. The second-order valence-electron chi connectivity index (χ2n) is 6.05. The Kier molecular flexibility index (Phi) is 5.45. The summed E-state index contributed by atoms with van der Waals surface area (Å²) in [4.78, 5) is 24.5. The molecule has 1 N–H and O–H groups in total. The van der Waals surface area contributed by atoms with Gasteiger partial charge in [0.2, 0.25) is 0 Å². The largest absolute Gasteiger partial charge is 0.467 e. The van der Waals surface area contributed by atoms with Crippen LogP contribution < -0.4 is 5.32 Å². The molecule has 0 aliphatic rings. The Bertz CT molecular complexity index is 978. The molecule has 1 amide bonds. The van der Waals surface area contributed by atoms with E-state index < -0.39 is 29.6 Å². The Morgan fingerprint density at radius 2 is 1.67 bits per heavy atom. The second kappa shape index (κ2) is 7.95. The van der Waals surface area contributed by atoms with Crippen LogP contribution in [0.4, 0.5) is 8.78 Å². The lowest BCUT2D eigenvalue weighted by Crippen LogP contribution is -2.43. The van der Waals surface area contributed by atoms with Crippen LogP contribution in [0.15, 0.2) is 60.7 Å². The number of hydrogen-bond donors (Lipinski definition) is 1. The Hall–Kier alpha value is -3.28. The Morgan fingerprint density at radius 1 is 1.00 bits per heavy atom. The van der Waals surface area contributed by atoms with Crippen molar-refractivity contribution in [3.05, 3.63) is 83.4 Å². The maximum Gasteiger partial charge on any atom is 0.328 e. The molecule has 4 nitrogen and oxygen atoms in total. The Morgan fingerprint density at radius 3 is 2.37 bits per heavy atom. The number of carbonyl (C=O) groups is 2. The first-order valence-corrected chi connectivity index (χ1v) is 8.29. The van der Waals surface area contributed by atoms with Crippen LogP contribution in [0, 0.1) is 11.6 Å². The third-order valence-corrected chi connectivity index (χ3v) is 4.22. The number of nitrogens with one attached hydrogen (secondary N) is 1. The van der Waals surface area contributed by atoms with Gasteiger partial charge in [-0.1, -0.05) is 42.5 Å². The first-order valence-electron chi connectivity index (χ1n) is 8.29. The number of esters is 1. The molecule has 0 radical (unpaired) electrons. The molecule has 0 unspecified atom stereocenters. The van der Waals surface area contributed by atoms with E-state index in [1.165, 1.54) is 7.11 Å². The van der Waals surface area contributed by atoms with Gasteiger partial charge in [0.1, 0.15) is 17.7 Å². The highest BCUT2D eigenvalue weighted by Gasteiger charge is 2.24. The number of rotatable bonds is 5. The maximum atomic E-state index is 13.4. The Balaban J connectivity index is 1.88. The quantitative estimate of drug-likeness (QED) is 0.699. The molecule has 3 aromatic carbocycles. The van der Waals surface area contributed by atoms with Crippen molar-refractivity contribution in [3.8, 4) is 0 Å². The highest BCUT2D eigenvalue weighted by Crippen LogP contribution is 2.20. The topological polar surface area (TPSA) is 55.4 Å². The van der Waals surface area contributed by atoms with E-state index in [-0.39, 0.29) is 12.0 Å². The van der Waals surface area contributed by atoms with Gasteiger partial charge < -0.3 is 10.1 Å². The van der Waals surface area contributed by atoms with Gasteiger partial charge in [-0.2, -0.15) is 0 Å². The summed E-state index contributed by atoms with van der Waals surface area (Å²) in [5.74, 6) is -3.15. The minimum absolute atomic E-state index is 0.178. The van der Waals surface area contributed by atoms with E-state index in [1.807, 2.05) is 42.5 Å². The highest BCUT2D eigenvalue weighted by molar-refractivity contribution is 5.97. The van der Waals surface area contributed by atoms with Crippen LogP contribution in [0.2, 0.25) is 0 Å². The number of amides is 1. The zero-order valence-corrected chi connectivity index (χ0v) is 14.5. The van der Waals surface area contributed by atoms with Crippen LogP contribution in [-0.2, 0) is 16.0 Å². The number of fused-ring (bicyclic) bond motifs is 1. The first-order chi connectivity index (χ1) is 13.0. The predicted octanol–water partition coefficient (Wildman–Crippen LogP) is 3.63. The standard InChI is InChI=1S/C21H17F2NO3/c1-27-21(26)19(24-20(25)15-9-16(22)12-17(23)10-15)11-14-7-4-6-13-5-2-3-8-18(13)14/h2-10,12,19H,11H2,1H3,(H,24,25)/t19-/m1/s1. The molecule has 0 fully saturated rings. The van der Waals surface area contributed by atoms with Crippen LogP contribution in [0.3, 0.4) is 0 Å². The van der Waals surface area contributed by atoms with Crippen molar-refractivity contribution in [2.75, 3.05) is 7.11 Å². The number of halogens is 2. The molecule has 3 aromatic rings. The summed E-state index contributed by atoms with van der Waals surface area (Å²) in [5, 5.41) is 4.45. The van der Waals surface area contributed by atoms with Crippen LogP contribution in [0.5, 0.6) is 0 Å². The molecule has 1 atom stereocenters. The van der Waals surface area contributed by atoms with E-state index in [0.717, 1.165) is 28.5 Å². The lowest BCUT2D eigenvalue weighted by atomic mass is 9.98. The highest BCUT2D eigenvalue weighted by atomic mass is 19.1. The van der Waals surface area contributed by atoms with Gasteiger partial charge in [-0.15, -0.1) is 0 Å². The van der Waals surface area contributed by atoms with E-state index in [1.54, 1.807) is 0 Å². The van der Waals surface area contributed by atoms with Crippen molar-refractivity contribution in [1.29, 1.82) is 0 Å². The second-order valence-corrected chi connectivity index (χ2v) is 6.05. The number of ether oxygens (including phenoxy) is 1. The number of carbonyl (C=O) groups excluding carboxylic acids is 2. The van der Waals surface area contributed by atoms with E-state index in [0.29, 0.717) is 6.07 Å². The maximum absolute atomic E-state index is 13.4. The average molecular weight is 369 g/mol. The molecule has 0 heterocycles. The fourth-order valence-electron chi connectivity index (χ4n) is 2.95.